The lowest BCUT2D eigenvalue weighted by molar-refractivity contribution is -0.127. The first kappa shape index (κ1) is 22.7. The SMILES string of the molecule is CCc1cccc(C)c1NS(=O)(=O)c1ccc(O[C@H](C)C(=O)NCC(C)C)cc1. The molecule has 0 unspecified atom stereocenters. The van der Waals surface area contributed by atoms with Crippen molar-refractivity contribution < 1.29 is 17.9 Å². The van der Waals surface area contributed by atoms with Crippen molar-refractivity contribution in [3.8, 4) is 5.75 Å². The zero-order valence-corrected chi connectivity index (χ0v) is 18.5. The van der Waals surface area contributed by atoms with E-state index < -0.39 is 16.1 Å². The van der Waals surface area contributed by atoms with Crippen LogP contribution in [0.5, 0.6) is 5.75 Å². The fourth-order valence-electron chi connectivity index (χ4n) is 2.77. The Kier molecular flexibility index (Phi) is 7.67. The third-order valence-corrected chi connectivity index (χ3v) is 5.84. The molecule has 0 saturated heterocycles. The minimum atomic E-state index is -3.73. The van der Waals surface area contributed by atoms with Crippen LogP contribution in [-0.2, 0) is 21.2 Å². The number of amides is 1. The number of carbonyl (C=O) groups is 1. The van der Waals surface area contributed by atoms with Gasteiger partial charge in [-0.3, -0.25) is 9.52 Å². The molecule has 0 saturated carbocycles. The van der Waals surface area contributed by atoms with Gasteiger partial charge in [0.25, 0.3) is 15.9 Å². The van der Waals surface area contributed by atoms with Gasteiger partial charge in [-0.2, -0.15) is 0 Å². The van der Waals surface area contributed by atoms with Crippen molar-refractivity contribution in [1.29, 1.82) is 0 Å². The topological polar surface area (TPSA) is 84.5 Å². The maximum absolute atomic E-state index is 12.8. The van der Waals surface area contributed by atoms with E-state index in [4.69, 9.17) is 4.74 Å². The lowest BCUT2D eigenvalue weighted by atomic mass is 10.1. The molecule has 0 bridgehead atoms. The molecule has 0 radical (unpaired) electrons. The van der Waals surface area contributed by atoms with Crippen LogP contribution in [0.25, 0.3) is 0 Å². The molecule has 6 nitrogen and oxygen atoms in total. The van der Waals surface area contributed by atoms with Crippen LogP contribution in [0.4, 0.5) is 5.69 Å². The van der Waals surface area contributed by atoms with Crippen molar-refractivity contribution in [2.75, 3.05) is 11.3 Å². The second-order valence-electron chi connectivity index (χ2n) is 7.44. The third kappa shape index (κ3) is 6.22. The van der Waals surface area contributed by atoms with Gasteiger partial charge in [-0.1, -0.05) is 39.0 Å². The summed E-state index contributed by atoms with van der Waals surface area (Å²) in [6.45, 7) is 10.1. The van der Waals surface area contributed by atoms with E-state index in [0.717, 1.165) is 17.5 Å². The van der Waals surface area contributed by atoms with Crippen molar-refractivity contribution in [2.45, 2.75) is 52.0 Å². The van der Waals surface area contributed by atoms with Crippen molar-refractivity contribution in [3.63, 3.8) is 0 Å². The number of anilines is 1. The van der Waals surface area contributed by atoms with Crippen LogP contribution in [0.1, 0.15) is 38.8 Å². The molecule has 0 aliphatic carbocycles. The van der Waals surface area contributed by atoms with E-state index >= 15 is 0 Å². The second-order valence-corrected chi connectivity index (χ2v) is 9.12. The van der Waals surface area contributed by atoms with Crippen LogP contribution in [0.2, 0.25) is 0 Å². The van der Waals surface area contributed by atoms with Gasteiger partial charge in [0, 0.05) is 6.54 Å². The molecule has 0 aliphatic heterocycles. The zero-order valence-electron chi connectivity index (χ0n) is 17.7. The van der Waals surface area contributed by atoms with Gasteiger partial charge in [0.1, 0.15) is 5.75 Å². The average molecular weight is 419 g/mol. The summed E-state index contributed by atoms with van der Waals surface area (Å²) in [4.78, 5) is 12.2. The number of para-hydroxylation sites is 1. The molecular formula is C22H30N2O4S. The van der Waals surface area contributed by atoms with Crippen molar-refractivity contribution in [1.82, 2.24) is 5.32 Å². The van der Waals surface area contributed by atoms with E-state index in [1.54, 1.807) is 19.1 Å². The number of nitrogens with one attached hydrogen (secondary N) is 2. The van der Waals surface area contributed by atoms with Crippen LogP contribution in [0.15, 0.2) is 47.4 Å². The van der Waals surface area contributed by atoms with E-state index in [2.05, 4.69) is 10.0 Å². The average Bonchev–Trinajstić information content (AvgIpc) is 2.67. The fraction of sp³-hybridized carbons (Fsp3) is 0.409. The molecule has 158 valence electrons. The molecular weight excluding hydrogens is 388 g/mol. The summed E-state index contributed by atoms with van der Waals surface area (Å²) < 4.78 is 33.9. The highest BCUT2D eigenvalue weighted by Gasteiger charge is 2.18. The minimum absolute atomic E-state index is 0.132. The standard InChI is InChI=1S/C22H30N2O4S/c1-6-18-9-7-8-16(4)21(18)24-29(26,27)20-12-10-19(11-13-20)28-17(5)22(25)23-14-15(2)3/h7-13,15,17,24H,6,14H2,1-5H3,(H,23,25)/t17-/m1/s1. The molecule has 1 amide bonds. The Morgan fingerprint density at radius 2 is 1.72 bits per heavy atom. The zero-order chi connectivity index (χ0) is 21.6. The molecule has 2 aromatic carbocycles. The van der Waals surface area contributed by atoms with Crippen LogP contribution in [0.3, 0.4) is 0 Å². The lowest BCUT2D eigenvalue weighted by Crippen LogP contribution is -2.38. The van der Waals surface area contributed by atoms with E-state index in [1.807, 2.05) is 45.9 Å². The largest absolute Gasteiger partial charge is 0.481 e. The molecule has 2 aromatic rings. The van der Waals surface area contributed by atoms with Crippen LogP contribution < -0.4 is 14.8 Å². The summed E-state index contributed by atoms with van der Waals surface area (Å²) in [5.74, 6) is 0.578. The van der Waals surface area contributed by atoms with Crippen molar-refractivity contribution in [3.05, 3.63) is 53.6 Å². The summed E-state index contributed by atoms with van der Waals surface area (Å²) in [5.41, 5.74) is 2.43. The minimum Gasteiger partial charge on any atom is -0.481 e. The Balaban J connectivity index is 2.10. The van der Waals surface area contributed by atoms with Gasteiger partial charge in [0.15, 0.2) is 6.10 Å². The van der Waals surface area contributed by atoms with Gasteiger partial charge in [-0.25, -0.2) is 8.42 Å². The Morgan fingerprint density at radius 1 is 1.07 bits per heavy atom. The molecule has 7 heteroatoms. The third-order valence-electron chi connectivity index (χ3n) is 4.48. The molecule has 0 spiro atoms. The first-order chi connectivity index (χ1) is 13.6. The summed E-state index contributed by atoms with van der Waals surface area (Å²) in [5, 5.41) is 2.81. The number of hydrogen-bond donors (Lipinski definition) is 2. The van der Waals surface area contributed by atoms with Gasteiger partial charge < -0.3 is 10.1 Å². The van der Waals surface area contributed by atoms with E-state index in [-0.39, 0.29) is 10.8 Å². The Hall–Kier alpha value is -2.54. The number of rotatable bonds is 9. The molecule has 0 aromatic heterocycles. The lowest BCUT2D eigenvalue weighted by Gasteiger charge is -2.17. The second kappa shape index (κ2) is 9.78. The van der Waals surface area contributed by atoms with Crippen LogP contribution >= 0.6 is 0 Å². The van der Waals surface area contributed by atoms with E-state index in [0.29, 0.717) is 23.9 Å². The summed E-state index contributed by atoms with van der Waals surface area (Å²) in [6, 6.07) is 11.8. The summed E-state index contributed by atoms with van der Waals surface area (Å²) in [7, 11) is -3.73. The normalized spacial score (nSPS) is 12.5. The quantitative estimate of drug-likeness (QED) is 0.647. The molecule has 2 N–H and O–H groups in total. The number of benzene rings is 2. The summed E-state index contributed by atoms with van der Waals surface area (Å²) in [6.07, 6.45) is 0.0525. The monoisotopic (exact) mass is 418 g/mol. The highest BCUT2D eigenvalue weighted by atomic mass is 32.2. The van der Waals surface area contributed by atoms with E-state index in [9.17, 15) is 13.2 Å². The molecule has 0 heterocycles. The Bertz CT molecular complexity index is 938. The predicted octanol–water partition coefficient (Wildman–Crippen LogP) is 3.90. The molecule has 1 atom stereocenters. The molecule has 0 fully saturated rings. The number of ether oxygens (including phenoxy) is 1. The number of hydrogen-bond acceptors (Lipinski definition) is 4. The van der Waals surface area contributed by atoms with Gasteiger partial charge in [-0.15, -0.1) is 0 Å². The number of carbonyl (C=O) groups excluding carboxylic acids is 1. The highest BCUT2D eigenvalue weighted by Crippen LogP contribution is 2.25. The van der Waals surface area contributed by atoms with Crippen LogP contribution in [0, 0.1) is 12.8 Å². The Morgan fingerprint density at radius 3 is 2.31 bits per heavy atom. The molecule has 29 heavy (non-hydrogen) atoms. The molecule has 0 aliphatic rings. The number of sulfonamides is 1. The smallest absolute Gasteiger partial charge is 0.261 e. The predicted molar refractivity (Wildman–Crippen MR) is 116 cm³/mol. The highest BCUT2D eigenvalue weighted by molar-refractivity contribution is 7.92. The maximum atomic E-state index is 12.8. The van der Waals surface area contributed by atoms with E-state index in [1.165, 1.54) is 12.1 Å². The Labute approximate surface area is 173 Å². The summed E-state index contributed by atoms with van der Waals surface area (Å²) >= 11 is 0. The van der Waals surface area contributed by atoms with Gasteiger partial charge >= 0.3 is 0 Å². The van der Waals surface area contributed by atoms with Crippen molar-refractivity contribution in [2.24, 2.45) is 5.92 Å². The fourth-order valence-corrected chi connectivity index (χ4v) is 3.94. The molecule has 2 rings (SSSR count). The van der Waals surface area contributed by atoms with Crippen molar-refractivity contribution >= 4 is 21.6 Å². The maximum Gasteiger partial charge on any atom is 0.261 e. The number of aryl methyl sites for hydroxylation is 2. The van der Waals surface area contributed by atoms with Gasteiger partial charge in [-0.05, 0) is 61.6 Å². The van der Waals surface area contributed by atoms with Gasteiger partial charge in [0.05, 0.1) is 10.6 Å². The van der Waals surface area contributed by atoms with Crippen LogP contribution in [-0.4, -0.2) is 27.0 Å². The van der Waals surface area contributed by atoms with Gasteiger partial charge in [0.2, 0.25) is 0 Å². The first-order valence-electron chi connectivity index (χ1n) is 9.79. The first-order valence-corrected chi connectivity index (χ1v) is 11.3.